The van der Waals surface area contributed by atoms with Crippen molar-refractivity contribution < 1.29 is 14.3 Å². The number of ether oxygens (including phenoxy) is 2. The van der Waals surface area contributed by atoms with Crippen molar-refractivity contribution in [3.05, 3.63) is 24.3 Å². The molecule has 1 N–H and O–H groups in total. The number of unbranched alkanes of at least 4 members (excludes halogenated alkanes) is 5. The Morgan fingerprint density at radius 1 is 1.15 bits per heavy atom. The van der Waals surface area contributed by atoms with Crippen LogP contribution in [0.4, 0.5) is 10.5 Å². The Labute approximate surface area is 163 Å². The fourth-order valence-electron chi connectivity index (χ4n) is 4.07. The van der Waals surface area contributed by atoms with Crippen LogP contribution in [0.15, 0.2) is 24.3 Å². The highest BCUT2D eigenvalue weighted by molar-refractivity contribution is 5.85. The summed E-state index contributed by atoms with van der Waals surface area (Å²) in [5.41, 5.74) is 0.724. The fraction of sp³-hybridized carbons (Fsp3) is 0.682. The van der Waals surface area contributed by atoms with Gasteiger partial charge in [-0.15, -0.1) is 0 Å². The molecule has 3 aliphatic rings. The summed E-state index contributed by atoms with van der Waals surface area (Å²) in [6.45, 7) is 6.12. The highest BCUT2D eigenvalue weighted by Gasteiger charge is 2.36. The van der Waals surface area contributed by atoms with Crippen LogP contribution in [0.5, 0.6) is 5.75 Å². The molecular formula is C22H34N2O3. The molecule has 1 aromatic rings. The van der Waals surface area contributed by atoms with E-state index in [9.17, 15) is 4.79 Å². The van der Waals surface area contributed by atoms with Gasteiger partial charge in [0.05, 0.1) is 6.61 Å². The molecule has 0 aromatic heterocycles. The molecule has 3 heterocycles. The first-order chi connectivity index (χ1) is 13.2. The second kappa shape index (κ2) is 10.5. The summed E-state index contributed by atoms with van der Waals surface area (Å²) >= 11 is 0. The van der Waals surface area contributed by atoms with E-state index in [1.807, 2.05) is 24.3 Å². The van der Waals surface area contributed by atoms with Crippen molar-refractivity contribution in [2.24, 2.45) is 5.92 Å². The van der Waals surface area contributed by atoms with Gasteiger partial charge in [0.25, 0.3) is 0 Å². The Hall–Kier alpha value is -1.75. The maximum absolute atomic E-state index is 12.3. The number of carbonyl (C=O) groups excluding carboxylic acids is 1. The maximum atomic E-state index is 12.3. The molecule has 0 aliphatic carbocycles. The van der Waals surface area contributed by atoms with E-state index >= 15 is 0 Å². The average molecular weight is 375 g/mol. The van der Waals surface area contributed by atoms with E-state index in [2.05, 4.69) is 17.1 Å². The normalized spacial score (nSPS) is 23.8. The van der Waals surface area contributed by atoms with Gasteiger partial charge in [-0.25, -0.2) is 4.79 Å². The number of rotatable bonds is 10. The van der Waals surface area contributed by atoms with Gasteiger partial charge in [0, 0.05) is 18.3 Å². The number of nitrogens with one attached hydrogen (secondary N) is 1. The summed E-state index contributed by atoms with van der Waals surface area (Å²) in [5.74, 6) is 1.32. The minimum Gasteiger partial charge on any atom is -0.494 e. The number of piperidine rings is 3. The summed E-state index contributed by atoms with van der Waals surface area (Å²) in [4.78, 5) is 14.6. The van der Waals surface area contributed by atoms with E-state index in [0.29, 0.717) is 5.92 Å². The second-order valence-corrected chi connectivity index (χ2v) is 7.85. The number of amides is 1. The standard InChI is InChI=1S/C22H34N2O3/c1-2-3-4-5-6-7-15-26-20-10-8-9-19(16-20)23-22(25)27-21-17-24-13-11-18(21)12-14-24/h8-10,16,18,21H,2-7,11-15,17H2,1H3,(H,23,25)/t21-/m0/s1. The molecule has 3 fully saturated rings. The van der Waals surface area contributed by atoms with Gasteiger partial charge in [-0.05, 0) is 50.4 Å². The smallest absolute Gasteiger partial charge is 0.411 e. The minimum atomic E-state index is -0.359. The third kappa shape index (κ3) is 6.42. The largest absolute Gasteiger partial charge is 0.494 e. The van der Waals surface area contributed by atoms with Crippen LogP contribution in [-0.4, -0.2) is 43.3 Å². The topological polar surface area (TPSA) is 50.8 Å². The molecule has 5 heteroatoms. The molecule has 2 bridgehead atoms. The lowest BCUT2D eigenvalue weighted by Gasteiger charge is -2.43. The number of carbonyl (C=O) groups is 1. The lowest BCUT2D eigenvalue weighted by Crippen LogP contribution is -2.52. The van der Waals surface area contributed by atoms with E-state index in [-0.39, 0.29) is 12.2 Å². The highest BCUT2D eigenvalue weighted by Crippen LogP contribution is 2.29. The molecule has 3 saturated heterocycles. The third-order valence-electron chi connectivity index (χ3n) is 5.70. The van der Waals surface area contributed by atoms with Crippen molar-refractivity contribution in [3.63, 3.8) is 0 Å². The molecule has 0 saturated carbocycles. The lowest BCUT2D eigenvalue weighted by atomic mass is 9.86. The molecule has 5 nitrogen and oxygen atoms in total. The van der Waals surface area contributed by atoms with Gasteiger partial charge in [-0.3, -0.25) is 10.2 Å². The predicted molar refractivity (Wildman–Crippen MR) is 108 cm³/mol. The van der Waals surface area contributed by atoms with Crippen molar-refractivity contribution in [3.8, 4) is 5.75 Å². The van der Waals surface area contributed by atoms with E-state index in [1.165, 1.54) is 32.1 Å². The third-order valence-corrected chi connectivity index (χ3v) is 5.70. The number of hydrogen-bond acceptors (Lipinski definition) is 4. The van der Waals surface area contributed by atoms with E-state index in [1.54, 1.807) is 0 Å². The number of anilines is 1. The van der Waals surface area contributed by atoms with Crippen LogP contribution in [-0.2, 0) is 4.74 Å². The molecule has 4 rings (SSSR count). The molecule has 1 amide bonds. The Bertz CT molecular complexity index is 585. The fourth-order valence-corrected chi connectivity index (χ4v) is 4.07. The highest BCUT2D eigenvalue weighted by atomic mass is 16.6. The predicted octanol–water partition coefficient (Wildman–Crippen LogP) is 5.07. The van der Waals surface area contributed by atoms with Crippen LogP contribution < -0.4 is 10.1 Å². The molecule has 0 radical (unpaired) electrons. The van der Waals surface area contributed by atoms with Crippen LogP contribution in [0.3, 0.4) is 0 Å². The zero-order valence-electron chi connectivity index (χ0n) is 16.6. The van der Waals surface area contributed by atoms with E-state index in [4.69, 9.17) is 9.47 Å². The van der Waals surface area contributed by atoms with Crippen molar-refractivity contribution in [2.75, 3.05) is 31.6 Å². The van der Waals surface area contributed by atoms with E-state index < -0.39 is 0 Å². The number of nitrogens with zero attached hydrogens (tertiary/aromatic N) is 1. The van der Waals surface area contributed by atoms with Crippen molar-refractivity contribution in [2.45, 2.75) is 64.4 Å². The number of hydrogen-bond donors (Lipinski definition) is 1. The molecule has 150 valence electrons. The monoisotopic (exact) mass is 374 g/mol. The first-order valence-corrected chi connectivity index (χ1v) is 10.7. The van der Waals surface area contributed by atoms with Gasteiger partial charge in [-0.2, -0.15) is 0 Å². The van der Waals surface area contributed by atoms with Crippen LogP contribution in [0.25, 0.3) is 0 Å². The van der Waals surface area contributed by atoms with Gasteiger partial charge in [-0.1, -0.05) is 45.1 Å². The molecule has 3 aliphatic heterocycles. The molecule has 1 atom stereocenters. The Kier molecular flexibility index (Phi) is 7.81. The molecule has 27 heavy (non-hydrogen) atoms. The summed E-state index contributed by atoms with van der Waals surface area (Å²) in [6, 6.07) is 7.58. The van der Waals surface area contributed by atoms with Crippen LogP contribution in [0.2, 0.25) is 0 Å². The Balaban J connectivity index is 1.37. The molecule has 0 unspecified atom stereocenters. The number of benzene rings is 1. The SMILES string of the molecule is CCCCCCCCOc1cccc(NC(=O)O[C@H]2CN3CCC2CC3)c1. The minimum absolute atomic E-state index is 0.0274. The average Bonchev–Trinajstić information content (AvgIpc) is 2.68. The molecular weight excluding hydrogens is 340 g/mol. The summed E-state index contributed by atoms with van der Waals surface area (Å²) in [6.07, 6.45) is 9.43. The van der Waals surface area contributed by atoms with Crippen LogP contribution in [0, 0.1) is 5.92 Å². The first-order valence-electron chi connectivity index (χ1n) is 10.7. The lowest BCUT2D eigenvalue weighted by molar-refractivity contribution is -0.0289. The zero-order valence-corrected chi connectivity index (χ0v) is 16.6. The molecule has 0 spiro atoms. The zero-order chi connectivity index (χ0) is 18.9. The van der Waals surface area contributed by atoms with Gasteiger partial charge >= 0.3 is 6.09 Å². The van der Waals surface area contributed by atoms with Crippen LogP contribution >= 0.6 is 0 Å². The summed E-state index contributed by atoms with van der Waals surface area (Å²) in [5, 5.41) is 2.85. The quantitative estimate of drug-likeness (QED) is 0.581. The van der Waals surface area contributed by atoms with Gasteiger partial charge in [0.2, 0.25) is 0 Å². The van der Waals surface area contributed by atoms with Gasteiger partial charge in [0.1, 0.15) is 11.9 Å². The van der Waals surface area contributed by atoms with Crippen LogP contribution in [0.1, 0.15) is 58.3 Å². The van der Waals surface area contributed by atoms with Gasteiger partial charge < -0.3 is 9.47 Å². The maximum Gasteiger partial charge on any atom is 0.411 e. The Morgan fingerprint density at radius 2 is 1.93 bits per heavy atom. The van der Waals surface area contributed by atoms with Crippen molar-refractivity contribution in [1.82, 2.24) is 4.90 Å². The van der Waals surface area contributed by atoms with Gasteiger partial charge in [0.15, 0.2) is 0 Å². The van der Waals surface area contributed by atoms with Crippen molar-refractivity contribution >= 4 is 11.8 Å². The number of fused-ring (bicyclic) bond motifs is 3. The Morgan fingerprint density at radius 3 is 2.67 bits per heavy atom. The second-order valence-electron chi connectivity index (χ2n) is 7.85. The summed E-state index contributed by atoms with van der Waals surface area (Å²) in [7, 11) is 0. The molecule has 1 aromatic carbocycles. The van der Waals surface area contributed by atoms with E-state index in [0.717, 1.165) is 56.9 Å². The summed E-state index contributed by atoms with van der Waals surface area (Å²) < 4.78 is 11.5. The first kappa shape index (κ1) is 20.0. The van der Waals surface area contributed by atoms with Crippen molar-refractivity contribution in [1.29, 1.82) is 0 Å².